The fourth-order valence-corrected chi connectivity index (χ4v) is 2.07. The molecule has 0 aliphatic carbocycles. The number of aryl methyl sites for hydroxylation is 1. The number of hydrogen-bond acceptors (Lipinski definition) is 4. The molecular formula is C14H18ClN5O. The summed E-state index contributed by atoms with van der Waals surface area (Å²) in [5.74, 6) is 0.902. The van der Waals surface area contributed by atoms with Crippen LogP contribution in [0.15, 0.2) is 18.5 Å². The van der Waals surface area contributed by atoms with E-state index < -0.39 is 0 Å². The number of hydrogen-bond donors (Lipinski definition) is 2. The minimum absolute atomic E-state index is 0.140. The van der Waals surface area contributed by atoms with Gasteiger partial charge in [0.1, 0.15) is 17.3 Å². The Bertz CT molecular complexity index is 597. The molecule has 2 N–H and O–H groups in total. The van der Waals surface area contributed by atoms with Crippen molar-refractivity contribution in [2.45, 2.75) is 32.6 Å². The minimum atomic E-state index is -0.140. The van der Waals surface area contributed by atoms with Gasteiger partial charge < -0.3 is 5.32 Å². The predicted octanol–water partition coefficient (Wildman–Crippen LogP) is 2.34. The molecule has 2 rings (SSSR count). The lowest BCUT2D eigenvalue weighted by Gasteiger charge is -2.09. The van der Waals surface area contributed by atoms with Crippen LogP contribution in [0.2, 0.25) is 5.15 Å². The molecular weight excluding hydrogens is 290 g/mol. The van der Waals surface area contributed by atoms with Crippen molar-refractivity contribution in [3.8, 4) is 0 Å². The van der Waals surface area contributed by atoms with Crippen molar-refractivity contribution in [2.24, 2.45) is 0 Å². The Hall–Kier alpha value is -1.95. The summed E-state index contributed by atoms with van der Waals surface area (Å²) in [6.07, 6.45) is 3.01. The first kappa shape index (κ1) is 15.4. The number of halogens is 1. The molecule has 21 heavy (non-hydrogen) atoms. The highest BCUT2D eigenvalue weighted by molar-refractivity contribution is 6.29. The molecule has 0 aliphatic heterocycles. The van der Waals surface area contributed by atoms with E-state index in [1.54, 1.807) is 12.1 Å². The molecule has 2 aromatic heterocycles. The number of carbonyl (C=O) groups excluding carboxylic acids is 1. The van der Waals surface area contributed by atoms with Gasteiger partial charge in [-0.2, -0.15) is 5.10 Å². The van der Waals surface area contributed by atoms with Crippen LogP contribution in [0.1, 0.15) is 48.1 Å². The summed E-state index contributed by atoms with van der Waals surface area (Å²) in [4.78, 5) is 20.3. The van der Waals surface area contributed by atoms with Gasteiger partial charge >= 0.3 is 0 Å². The Morgan fingerprint density at radius 2 is 2.24 bits per heavy atom. The average Bonchev–Trinajstić information content (AvgIpc) is 2.95. The summed E-state index contributed by atoms with van der Waals surface area (Å²) >= 11 is 5.96. The van der Waals surface area contributed by atoms with Crippen molar-refractivity contribution in [1.29, 1.82) is 0 Å². The maximum atomic E-state index is 12.1. The van der Waals surface area contributed by atoms with Gasteiger partial charge in [-0.3, -0.25) is 9.89 Å². The van der Waals surface area contributed by atoms with Crippen LogP contribution in [-0.4, -0.2) is 32.6 Å². The molecule has 0 atom stereocenters. The van der Waals surface area contributed by atoms with Crippen LogP contribution in [0, 0.1) is 0 Å². The van der Waals surface area contributed by atoms with Gasteiger partial charge in [0.25, 0.3) is 5.91 Å². The van der Waals surface area contributed by atoms with E-state index in [0.29, 0.717) is 17.3 Å². The second-order valence-electron chi connectivity index (χ2n) is 5.05. The van der Waals surface area contributed by atoms with Gasteiger partial charge in [0.05, 0.1) is 0 Å². The Kier molecular flexibility index (Phi) is 5.27. The van der Waals surface area contributed by atoms with E-state index in [9.17, 15) is 4.79 Å². The Balaban J connectivity index is 1.88. The first-order chi connectivity index (χ1) is 10.1. The van der Waals surface area contributed by atoms with Crippen LogP contribution in [0.4, 0.5) is 0 Å². The molecule has 0 fully saturated rings. The number of aromatic nitrogens is 4. The highest BCUT2D eigenvalue weighted by Gasteiger charge is 2.11. The molecule has 0 unspecified atom stereocenters. The maximum Gasteiger partial charge on any atom is 0.251 e. The van der Waals surface area contributed by atoms with Crippen LogP contribution < -0.4 is 5.32 Å². The maximum absolute atomic E-state index is 12.1. The van der Waals surface area contributed by atoms with E-state index in [2.05, 4.69) is 25.5 Å². The number of nitrogens with zero attached hydrogens (tertiary/aromatic N) is 3. The lowest BCUT2D eigenvalue weighted by atomic mass is 10.1. The van der Waals surface area contributed by atoms with Gasteiger partial charge in [-0.15, -0.1) is 0 Å². The van der Waals surface area contributed by atoms with Crippen molar-refractivity contribution in [3.63, 3.8) is 0 Å². The first-order valence-electron chi connectivity index (χ1n) is 6.86. The van der Waals surface area contributed by atoms with Crippen LogP contribution in [0.5, 0.6) is 0 Å². The molecule has 0 bridgehead atoms. The smallest absolute Gasteiger partial charge is 0.251 e. The number of aromatic amines is 1. The van der Waals surface area contributed by atoms with E-state index in [1.165, 1.54) is 6.33 Å². The second kappa shape index (κ2) is 7.17. The highest BCUT2D eigenvalue weighted by atomic mass is 35.5. The monoisotopic (exact) mass is 307 g/mol. The van der Waals surface area contributed by atoms with Gasteiger partial charge in [0.2, 0.25) is 0 Å². The SMILES string of the molecule is CC(C)c1cc(C(=O)NCCCc2ncn[nH]2)cc(Cl)n1. The fourth-order valence-electron chi connectivity index (χ4n) is 1.86. The van der Waals surface area contributed by atoms with Crippen LogP contribution in [0.3, 0.4) is 0 Å². The van der Waals surface area contributed by atoms with E-state index in [-0.39, 0.29) is 11.8 Å². The quantitative estimate of drug-likeness (QED) is 0.634. The van der Waals surface area contributed by atoms with Crippen LogP contribution in [0.25, 0.3) is 0 Å². The Morgan fingerprint density at radius 1 is 1.43 bits per heavy atom. The van der Waals surface area contributed by atoms with Crippen LogP contribution in [-0.2, 0) is 6.42 Å². The number of nitrogens with one attached hydrogen (secondary N) is 2. The predicted molar refractivity (Wildman–Crippen MR) is 80.4 cm³/mol. The van der Waals surface area contributed by atoms with E-state index in [4.69, 9.17) is 11.6 Å². The summed E-state index contributed by atoms with van der Waals surface area (Å²) in [5, 5.41) is 9.77. The van der Waals surface area contributed by atoms with Gasteiger partial charge in [-0.25, -0.2) is 9.97 Å². The number of carbonyl (C=O) groups is 1. The molecule has 0 radical (unpaired) electrons. The third kappa shape index (κ3) is 4.53. The Labute approximate surface area is 128 Å². The van der Waals surface area contributed by atoms with Gasteiger partial charge in [-0.05, 0) is 24.5 Å². The highest BCUT2D eigenvalue weighted by Crippen LogP contribution is 2.17. The van der Waals surface area contributed by atoms with Crippen molar-refractivity contribution < 1.29 is 4.79 Å². The number of H-pyrrole nitrogens is 1. The van der Waals surface area contributed by atoms with Gasteiger partial charge in [0, 0.05) is 24.2 Å². The first-order valence-corrected chi connectivity index (χ1v) is 7.24. The molecule has 0 aliphatic rings. The molecule has 0 saturated heterocycles. The number of pyridine rings is 1. The minimum Gasteiger partial charge on any atom is -0.352 e. The molecule has 7 heteroatoms. The standard InChI is InChI=1S/C14H18ClN5O/c1-9(2)11-6-10(7-12(15)19-11)14(21)16-5-3-4-13-17-8-18-20-13/h6-9H,3-5H2,1-2H3,(H,16,21)(H,17,18,20). The molecule has 2 heterocycles. The van der Waals surface area contributed by atoms with Crippen molar-refractivity contribution in [3.05, 3.63) is 40.7 Å². The fraction of sp³-hybridized carbons (Fsp3) is 0.429. The molecule has 0 spiro atoms. The lowest BCUT2D eigenvalue weighted by molar-refractivity contribution is 0.0953. The molecule has 1 amide bonds. The summed E-state index contributed by atoms with van der Waals surface area (Å²) in [5.41, 5.74) is 1.35. The molecule has 6 nitrogen and oxygen atoms in total. The van der Waals surface area contributed by atoms with E-state index in [1.807, 2.05) is 13.8 Å². The van der Waals surface area contributed by atoms with E-state index in [0.717, 1.165) is 24.4 Å². The molecule has 2 aromatic rings. The summed E-state index contributed by atoms with van der Waals surface area (Å²) in [6.45, 7) is 4.59. The second-order valence-corrected chi connectivity index (χ2v) is 5.44. The number of rotatable bonds is 6. The Morgan fingerprint density at radius 3 is 2.90 bits per heavy atom. The van der Waals surface area contributed by atoms with Crippen molar-refractivity contribution in [1.82, 2.24) is 25.5 Å². The topological polar surface area (TPSA) is 83.6 Å². The van der Waals surface area contributed by atoms with E-state index >= 15 is 0 Å². The third-order valence-electron chi connectivity index (χ3n) is 3.01. The summed E-state index contributed by atoms with van der Waals surface area (Å²) in [7, 11) is 0. The lowest BCUT2D eigenvalue weighted by Crippen LogP contribution is -2.25. The summed E-state index contributed by atoms with van der Waals surface area (Å²) in [6, 6.07) is 3.36. The third-order valence-corrected chi connectivity index (χ3v) is 3.20. The summed E-state index contributed by atoms with van der Waals surface area (Å²) < 4.78 is 0. The molecule has 0 saturated carbocycles. The van der Waals surface area contributed by atoms with Gasteiger partial charge in [0.15, 0.2) is 0 Å². The zero-order valence-corrected chi connectivity index (χ0v) is 12.8. The van der Waals surface area contributed by atoms with Crippen molar-refractivity contribution >= 4 is 17.5 Å². The zero-order valence-electron chi connectivity index (χ0n) is 12.1. The van der Waals surface area contributed by atoms with Gasteiger partial charge in [-0.1, -0.05) is 25.4 Å². The normalized spacial score (nSPS) is 10.9. The van der Waals surface area contributed by atoms with Crippen molar-refractivity contribution in [2.75, 3.05) is 6.54 Å². The average molecular weight is 308 g/mol. The zero-order chi connectivity index (χ0) is 15.2. The number of amides is 1. The largest absolute Gasteiger partial charge is 0.352 e. The molecule has 0 aromatic carbocycles. The molecule has 112 valence electrons. The van der Waals surface area contributed by atoms with Crippen LogP contribution >= 0.6 is 11.6 Å².